The molecule has 0 spiro atoms. The van der Waals surface area contributed by atoms with Crippen LogP contribution in [0, 0.1) is 11.6 Å². The van der Waals surface area contributed by atoms with E-state index in [1.165, 1.54) is 12.1 Å². The number of halogens is 5. The van der Waals surface area contributed by atoms with Crippen LogP contribution in [-0.4, -0.2) is 23.4 Å². The molecule has 0 aromatic heterocycles. The highest BCUT2D eigenvalue weighted by atomic mass is 35.5. The van der Waals surface area contributed by atoms with Crippen molar-refractivity contribution in [3.63, 3.8) is 0 Å². The van der Waals surface area contributed by atoms with Gasteiger partial charge in [0.2, 0.25) is 0 Å². The van der Waals surface area contributed by atoms with E-state index in [1.807, 2.05) is 54.6 Å². The van der Waals surface area contributed by atoms with E-state index in [0.717, 1.165) is 43.8 Å². The molecule has 0 bridgehead atoms. The molecule has 9 heteroatoms. The Bertz CT molecular complexity index is 1750. The summed E-state index contributed by atoms with van der Waals surface area (Å²) >= 11 is 19.9. The van der Waals surface area contributed by atoms with Crippen molar-refractivity contribution in [1.82, 2.24) is 0 Å². The molecule has 3 nitrogen and oxygen atoms in total. The average molecular weight is 668 g/mol. The summed E-state index contributed by atoms with van der Waals surface area (Å²) in [6.45, 7) is -0.474. The summed E-state index contributed by atoms with van der Waals surface area (Å²) in [5.74, 6) is -1.11. The first-order valence-electron chi connectivity index (χ1n) is 13.3. The van der Waals surface area contributed by atoms with Crippen LogP contribution >= 0.6 is 46.6 Å². The van der Waals surface area contributed by atoms with Crippen molar-refractivity contribution in [1.29, 1.82) is 0 Å². The molecular formula is C35H23Cl3F2O3S. The van der Waals surface area contributed by atoms with E-state index in [9.17, 15) is 13.6 Å². The van der Waals surface area contributed by atoms with E-state index >= 15 is 0 Å². The van der Waals surface area contributed by atoms with Gasteiger partial charge in [-0.15, -0.1) is 11.8 Å². The second-order valence-electron chi connectivity index (χ2n) is 9.62. The standard InChI is InChI=1S/C35H23Cl3F2O3S/c36-29-17-25(9-12-32(29)39)21-1-5-23(6-2-21)28(15-16-44-27-11-14-34(31(38)19-27)43-20-35(41)42)24-7-3-22(4-8-24)26-10-13-33(40)30(37)18-26/h1-15,17-19H,16,20H2,(H,41,42). The first-order chi connectivity index (χ1) is 21.2. The van der Waals surface area contributed by atoms with Crippen molar-refractivity contribution in [2.24, 2.45) is 0 Å². The number of hydrogen-bond donors (Lipinski definition) is 1. The minimum atomic E-state index is -1.08. The largest absolute Gasteiger partial charge is 0.480 e. The van der Waals surface area contributed by atoms with Crippen molar-refractivity contribution in [2.45, 2.75) is 4.90 Å². The minimum Gasteiger partial charge on any atom is -0.480 e. The fourth-order valence-electron chi connectivity index (χ4n) is 4.49. The Labute approximate surface area is 272 Å². The van der Waals surface area contributed by atoms with Gasteiger partial charge in [-0.05, 0) is 81.4 Å². The Morgan fingerprint density at radius 1 is 0.682 bits per heavy atom. The second kappa shape index (κ2) is 14.3. The van der Waals surface area contributed by atoms with Crippen LogP contribution in [0.4, 0.5) is 8.78 Å². The van der Waals surface area contributed by atoms with Crippen molar-refractivity contribution in [3.05, 3.63) is 147 Å². The molecule has 0 saturated carbocycles. The zero-order chi connectivity index (χ0) is 31.2. The van der Waals surface area contributed by atoms with E-state index in [2.05, 4.69) is 6.08 Å². The maximum atomic E-state index is 13.7. The van der Waals surface area contributed by atoms with Crippen LogP contribution in [0.5, 0.6) is 5.75 Å². The molecule has 0 atom stereocenters. The van der Waals surface area contributed by atoms with Gasteiger partial charge in [0.1, 0.15) is 17.4 Å². The molecule has 0 amide bonds. The lowest BCUT2D eigenvalue weighted by Crippen LogP contribution is -2.09. The van der Waals surface area contributed by atoms with Crippen LogP contribution in [-0.2, 0) is 4.79 Å². The summed E-state index contributed by atoms with van der Waals surface area (Å²) in [5, 5.41) is 9.30. The average Bonchev–Trinajstić information content (AvgIpc) is 3.02. The molecule has 0 aliphatic rings. The quantitative estimate of drug-likeness (QED) is 0.151. The third-order valence-corrected chi connectivity index (χ3v) is 8.48. The summed E-state index contributed by atoms with van der Waals surface area (Å²) in [6.07, 6.45) is 2.11. The van der Waals surface area contributed by atoms with Gasteiger partial charge in [0, 0.05) is 10.6 Å². The number of hydrogen-bond acceptors (Lipinski definition) is 3. The summed E-state index contributed by atoms with van der Waals surface area (Å²) in [7, 11) is 0. The van der Waals surface area contributed by atoms with Gasteiger partial charge in [0.25, 0.3) is 0 Å². The number of rotatable bonds is 10. The van der Waals surface area contributed by atoms with Crippen LogP contribution in [0.1, 0.15) is 11.1 Å². The number of thioether (sulfide) groups is 1. The van der Waals surface area contributed by atoms with Crippen LogP contribution in [0.3, 0.4) is 0 Å². The minimum absolute atomic E-state index is 0.0632. The summed E-state index contributed by atoms with van der Waals surface area (Å²) in [5.41, 5.74) is 6.32. The number of carboxylic acid groups (broad SMARTS) is 1. The van der Waals surface area contributed by atoms with Crippen molar-refractivity contribution < 1.29 is 23.4 Å². The summed E-state index contributed by atoms with van der Waals surface area (Å²) in [4.78, 5) is 11.7. The summed E-state index contributed by atoms with van der Waals surface area (Å²) in [6, 6.07) is 30.3. The second-order valence-corrected chi connectivity index (χ2v) is 11.9. The molecule has 1 N–H and O–H groups in total. The van der Waals surface area contributed by atoms with Crippen LogP contribution in [0.2, 0.25) is 15.1 Å². The van der Waals surface area contributed by atoms with Gasteiger partial charge in [-0.3, -0.25) is 0 Å². The lowest BCUT2D eigenvalue weighted by Gasteiger charge is -2.12. The molecule has 0 radical (unpaired) electrons. The molecule has 44 heavy (non-hydrogen) atoms. The van der Waals surface area contributed by atoms with Gasteiger partial charge in [0.05, 0.1) is 15.1 Å². The monoisotopic (exact) mass is 666 g/mol. The third kappa shape index (κ3) is 7.82. The molecule has 0 fully saturated rings. The predicted octanol–water partition coefficient (Wildman–Crippen LogP) is 10.9. The lowest BCUT2D eigenvalue weighted by molar-refractivity contribution is -0.139. The smallest absolute Gasteiger partial charge is 0.341 e. The highest BCUT2D eigenvalue weighted by Crippen LogP contribution is 2.34. The van der Waals surface area contributed by atoms with Crippen LogP contribution < -0.4 is 4.74 Å². The molecule has 5 aromatic carbocycles. The Hall–Kier alpha value is -3.81. The van der Waals surface area contributed by atoms with Gasteiger partial charge < -0.3 is 9.84 Å². The van der Waals surface area contributed by atoms with Gasteiger partial charge in [-0.25, -0.2) is 13.6 Å². The van der Waals surface area contributed by atoms with Crippen LogP contribution in [0.15, 0.2) is 114 Å². The number of benzene rings is 5. The molecular weight excluding hydrogens is 645 g/mol. The fourth-order valence-corrected chi connectivity index (χ4v) is 5.96. The zero-order valence-corrected chi connectivity index (χ0v) is 26.0. The molecule has 0 saturated heterocycles. The third-order valence-electron chi connectivity index (χ3n) is 6.69. The van der Waals surface area contributed by atoms with Gasteiger partial charge >= 0.3 is 5.97 Å². The van der Waals surface area contributed by atoms with Crippen molar-refractivity contribution in [2.75, 3.05) is 12.4 Å². The van der Waals surface area contributed by atoms with E-state index < -0.39 is 24.2 Å². The molecule has 5 aromatic rings. The SMILES string of the molecule is O=C(O)COc1ccc(SCC=C(c2ccc(-c3ccc(F)c(Cl)c3)cc2)c2ccc(-c3ccc(F)c(Cl)c3)cc2)cc1Cl. The van der Waals surface area contributed by atoms with Gasteiger partial charge in [-0.1, -0.05) is 102 Å². The Kier molecular flexibility index (Phi) is 10.3. The van der Waals surface area contributed by atoms with Gasteiger partial charge in [0.15, 0.2) is 6.61 Å². The molecule has 0 unspecified atom stereocenters. The van der Waals surface area contributed by atoms with E-state index in [4.69, 9.17) is 44.6 Å². The number of carboxylic acids is 1. The Balaban J connectivity index is 1.42. The lowest BCUT2D eigenvalue weighted by atomic mass is 9.94. The van der Waals surface area contributed by atoms with E-state index in [-0.39, 0.29) is 10.0 Å². The van der Waals surface area contributed by atoms with Gasteiger partial charge in [-0.2, -0.15) is 0 Å². The predicted molar refractivity (Wildman–Crippen MR) is 176 cm³/mol. The highest BCUT2D eigenvalue weighted by molar-refractivity contribution is 7.99. The zero-order valence-electron chi connectivity index (χ0n) is 22.9. The normalized spacial score (nSPS) is 10.8. The molecule has 0 heterocycles. The van der Waals surface area contributed by atoms with Crippen molar-refractivity contribution >= 4 is 58.1 Å². The maximum Gasteiger partial charge on any atom is 0.341 e. The number of aliphatic carboxylic acids is 1. The Morgan fingerprint density at radius 3 is 1.64 bits per heavy atom. The molecule has 0 aliphatic carbocycles. The number of carbonyl (C=O) groups is 1. The Morgan fingerprint density at radius 2 is 1.18 bits per heavy atom. The number of ether oxygens (including phenoxy) is 1. The van der Waals surface area contributed by atoms with Crippen molar-refractivity contribution in [3.8, 4) is 28.0 Å². The van der Waals surface area contributed by atoms with E-state index in [0.29, 0.717) is 16.5 Å². The first kappa shape index (κ1) is 31.6. The fraction of sp³-hybridized carbons (Fsp3) is 0.0571. The molecule has 222 valence electrons. The molecule has 5 rings (SSSR count). The summed E-state index contributed by atoms with van der Waals surface area (Å²) < 4.78 is 32.6. The topological polar surface area (TPSA) is 46.5 Å². The molecule has 0 aliphatic heterocycles. The highest BCUT2D eigenvalue weighted by Gasteiger charge is 2.11. The van der Waals surface area contributed by atoms with E-state index in [1.54, 1.807) is 48.2 Å². The first-order valence-corrected chi connectivity index (χ1v) is 15.4. The maximum absolute atomic E-state index is 13.7. The van der Waals surface area contributed by atoms with Crippen LogP contribution in [0.25, 0.3) is 27.8 Å².